The molecule has 0 saturated carbocycles. The average molecular weight is 219 g/mol. The molecule has 1 fully saturated rings. The van der Waals surface area contributed by atoms with Crippen LogP contribution >= 0.6 is 0 Å². The van der Waals surface area contributed by atoms with Crippen molar-refractivity contribution in [1.29, 1.82) is 0 Å². The molecule has 0 bridgehead atoms. The summed E-state index contributed by atoms with van der Waals surface area (Å²) in [6, 6.07) is 4.76. The molecule has 0 aliphatic carbocycles. The maximum atomic E-state index is 9.59. The van der Waals surface area contributed by atoms with Crippen molar-refractivity contribution in [2.24, 2.45) is 0 Å². The van der Waals surface area contributed by atoms with Crippen molar-refractivity contribution in [3.05, 3.63) is 28.8 Å². The first kappa shape index (κ1) is 11.5. The average Bonchev–Trinajstić information content (AvgIpc) is 2.23. The summed E-state index contributed by atoms with van der Waals surface area (Å²) >= 11 is 0. The molecule has 0 amide bonds. The summed E-state index contributed by atoms with van der Waals surface area (Å²) in [7, 11) is 0. The molecule has 0 spiro atoms. The zero-order valence-electron chi connectivity index (χ0n) is 10.5. The van der Waals surface area contributed by atoms with Gasteiger partial charge >= 0.3 is 0 Å². The highest BCUT2D eigenvalue weighted by Gasteiger charge is 2.22. The first-order valence-electron chi connectivity index (χ1n) is 6.11. The number of aromatic hydroxyl groups is 1. The van der Waals surface area contributed by atoms with E-state index in [1.54, 1.807) is 0 Å². The van der Waals surface area contributed by atoms with Crippen LogP contribution in [0.25, 0.3) is 0 Å². The van der Waals surface area contributed by atoms with Gasteiger partial charge in [0.25, 0.3) is 0 Å². The van der Waals surface area contributed by atoms with Gasteiger partial charge in [-0.1, -0.05) is 6.07 Å². The Morgan fingerprint density at radius 2 is 2.06 bits per heavy atom. The number of phenolic OH excluding ortho intramolecular Hbond substituents is 1. The Hall–Kier alpha value is -1.02. The summed E-state index contributed by atoms with van der Waals surface area (Å²) < 4.78 is 0. The Morgan fingerprint density at radius 1 is 1.31 bits per heavy atom. The van der Waals surface area contributed by atoms with Crippen molar-refractivity contribution in [2.75, 3.05) is 13.1 Å². The van der Waals surface area contributed by atoms with Crippen LogP contribution in [0.15, 0.2) is 12.1 Å². The van der Waals surface area contributed by atoms with E-state index in [1.165, 1.54) is 24.1 Å². The lowest BCUT2D eigenvalue weighted by Gasteiger charge is -2.38. The molecule has 1 unspecified atom stereocenters. The number of hydrogen-bond acceptors (Lipinski definition) is 2. The fourth-order valence-electron chi connectivity index (χ4n) is 2.30. The van der Waals surface area contributed by atoms with E-state index in [4.69, 9.17) is 0 Å². The number of aryl methyl sites for hydroxylation is 2. The van der Waals surface area contributed by atoms with Crippen LogP contribution in [-0.4, -0.2) is 29.1 Å². The van der Waals surface area contributed by atoms with Crippen LogP contribution < -0.4 is 0 Å². The maximum absolute atomic E-state index is 9.59. The normalized spacial score (nSPS) is 20.8. The summed E-state index contributed by atoms with van der Waals surface area (Å²) in [6.07, 6.45) is 2.44. The van der Waals surface area contributed by atoms with Crippen LogP contribution in [0.4, 0.5) is 0 Å². The Kier molecular flexibility index (Phi) is 3.20. The van der Waals surface area contributed by atoms with Gasteiger partial charge in [0.15, 0.2) is 0 Å². The van der Waals surface area contributed by atoms with Gasteiger partial charge in [-0.05, 0) is 62.9 Å². The van der Waals surface area contributed by atoms with Gasteiger partial charge in [0.1, 0.15) is 5.75 Å². The number of benzene rings is 1. The summed E-state index contributed by atoms with van der Waals surface area (Å²) in [5.41, 5.74) is 3.56. The Morgan fingerprint density at radius 3 is 2.62 bits per heavy atom. The minimum atomic E-state index is 0.415. The van der Waals surface area contributed by atoms with Crippen LogP contribution in [0.3, 0.4) is 0 Å². The Balaban J connectivity index is 2.01. The van der Waals surface area contributed by atoms with Crippen molar-refractivity contribution in [3.63, 3.8) is 0 Å². The molecule has 1 aromatic carbocycles. The first-order valence-corrected chi connectivity index (χ1v) is 6.11. The van der Waals surface area contributed by atoms with E-state index in [-0.39, 0.29) is 0 Å². The number of likely N-dealkylation sites (tertiary alicyclic amines) is 1. The van der Waals surface area contributed by atoms with Crippen LogP contribution in [0, 0.1) is 13.8 Å². The van der Waals surface area contributed by atoms with Gasteiger partial charge in [-0.2, -0.15) is 0 Å². The number of rotatable bonds is 3. The number of phenols is 1. The van der Waals surface area contributed by atoms with Crippen LogP contribution in [0.2, 0.25) is 0 Å². The van der Waals surface area contributed by atoms with Gasteiger partial charge in [-0.25, -0.2) is 0 Å². The third-order valence-corrected chi connectivity index (χ3v) is 3.78. The third kappa shape index (κ3) is 2.22. The molecule has 1 aromatic rings. The number of hydrogen-bond donors (Lipinski definition) is 1. The zero-order valence-corrected chi connectivity index (χ0v) is 10.5. The molecule has 0 aromatic heterocycles. The highest BCUT2D eigenvalue weighted by molar-refractivity contribution is 5.40. The smallest absolute Gasteiger partial charge is 0.118 e. The lowest BCUT2D eigenvalue weighted by Crippen LogP contribution is -2.46. The van der Waals surface area contributed by atoms with E-state index >= 15 is 0 Å². The molecule has 2 rings (SSSR count). The molecule has 88 valence electrons. The van der Waals surface area contributed by atoms with Gasteiger partial charge in [-0.3, -0.25) is 0 Å². The van der Waals surface area contributed by atoms with Gasteiger partial charge in [0.05, 0.1) is 0 Å². The predicted octanol–water partition coefficient (Wildman–Crippen LogP) is 2.65. The monoisotopic (exact) mass is 219 g/mol. The van der Waals surface area contributed by atoms with Crippen molar-refractivity contribution >= 4 is 0 Å². The van der Waals surface area contributed by atoms with Crippen LogP contribution in [0.5, 0.6) is 5.75 Å². The molecule has 2 heteroatoms. The second kappa shape index (κ2) is 4.46. The molecule has 16 heavy (non-hydrogen) atoms. The van der Waals surface area contributed by atoms with E-state index in [2.05, 4.69) is 24.8 Å². The minimum Gasteiger partial charge on any atom is -0.508 e. The molecular weight excluding hydrogens is 198 g/mol. The Bertz CT molecular complexity index is 387. The van der Waals surface area contributed by atoms with Gasteiger partial charge < -0.3 is 10.0 Å². The van der Waals surface area contributed by atoms with Gasteiger partial charge in [-0.15, -0.1) is 0 Å². The van der Waals surface area contributed by atoms with Crippen molar-refractivity contribution in [2.45, 2.75) is 39.7 Å². The molecule has 2 nitrogen and oxygen atoms in total. The van der Waals surface area contributed by atoms with E-state index in [9.17, 15) is 5.11 Å². The quantitative estimate of drug-likeness (QED) is 0.844. The highest BCUT2D eigenvalue weighted by Crippen LogP contribution is 2.23. The second-order valence-corrected chi connectivity index (χ2v) is 4.99. The predicted molar refractivity (Wildman–Crippen MR) is 66.9 cm³/mol. The van der Waals surface area contributed by atoms with Gasteiger partial charge in [0, 0.05) is 12.6 Å². The van der Waals surface area contributed by atoms with Gasteiger partial charge in [0.2, 0.25) is 0 Å². The highest BCUT2D eigenvalue weighted by atomic mass is 16.3. The summed E-state index contributed by atoms with van der Waals surface area (Å²) in [5, 5.41) is 9.59. The van der Waals surface area contributed by atoms with E-state index in [0.717, 1.165) is 24.6 Å². The summed E-state index contributed by atoms with van der Waals surface area (Å²) in [5.74, 6) is 0.415. The van der Waals surface area contributed by atoms with Crippen molar-refractivity contribution in [3.8, 4) is 5.75 Å². The Labute approximate surface area is 97.9 Å². The molecular formula is C14H21NO. The minimum absolute atomic E-state index is 0.415. The lowest BCUT2D eigenvalue weighted by atomic mass is 9.99. The molecule has 1 heterocycles. The SMILES string of the molecule is Cc1cc(CCN2CCC2C)c(C)cc1O. The van der Waals surface area contributed by atoms with Crippen LogP contribution in [-0.2, 0) is 6.42 Å². The zero-order chi connectivity index (χ0) is 11.7. The summed E-state index contributed by atoms with van der Waals surface area (Å²) in [6.45, 7) is 8.72. The fourth-order valence-corrected chi connectivity index (χ4v) is 2.30. The maximum Gasteiger partial charge on any atom is 0.118 e. The molecule has 1 atom stereocenters. The van der Waals surface area contributed by atoms with E-state index in [1.807, 2.05) is 13.0 Å². The summed E-state index contributed by atoms with van der Waals surface area (Å²) in [4.78, 5) is 2.52. The standard InChI is InChI=1S/C14H21NO/c1-10-9-14(16)11(2)8-13(10)5-7-15-6-4-12(15)3/h8-9,12,16H,4-7H2,1-3H3. The van der Waals surface area contributed by atoms with E-state index in [0.29, 0.717) is 5.75 Å². The lowest BCUT2D eigenvalue weighted by molar-refractivity contribution is 0.106. The largest absolute Gasteiger partial charge is 0.508 e. The molecule has 1 N–H and O–H groups in total. The van der Waals surface area contributed by atoms with Crippen molar-refractivity contribution < 1.29 is 5.11 Å². The molecule has 1 aliphatic heterocycles. The molecule has 1 saturated heterocycles. The van der Waals surface area contributed by atoms with Crippen LogP contribution in [0.1, 0.15) is 30.0 Å². The fraction of sp³-hybridized carbons (Fsp3) is 0.571. The third-order valence-electron chi connectivity index (χ3n) is 3.78. The first-order chi connectivity index (χ1) is 7.58. The molecule has 1 aliphatic rings. The number of nitrogens with zero attached hydrogens (tertiary/aromatic N) is 1. The topological polar surface area (TPSA) is 23.5 Å². The van der Waals surface area contributed by atoms with E-state index < -0.39 is 0 Å². The van der Waals surface area contributed by atoms with Crippen molar-refractivity contribution in [1.82, 2.24) is 4.90 Å². The molecule has 0 radical (unpaired) electrons. The second-order valence-electron chi connectivity index (χ2n) is 4.99.